The SMILES string of the molecule is CCCNC(Cc1ccc(C)cn1)CC1CCCCCC1. The Hall–Kier alpha value is -0.890. The Morgan fingerprint density at radius 2 is 1.95 bits per heavy atom. The lowest BCUT2D eigenvalue weighted by molar-refractivity contribution is 0.348. The van der Waals surface area contributed by atoms with Crippen molar-refractivity contribution in [3.8, 4) is 0 Å². The van der Waals surface area contributed by atoms with Crippen LogP contribution < -0.4 is 5.32 Å². The van der Waals surface area contributed by atoms with Gasteiger partial charge < -0.3 is 5.32 Å². The van der Waals surface area contributed by atoms with Crippen LogP contribution in [0.1, 0.15) is 69.5 Å². The molecule has 0 amide bonds. The van der Waals surface area contributed by atoms with E-state index in [0.29, 0.717) is 6.04 Å². The molecule has 1 aromatic rings. The molecule has 0 aliphatic heterocycles. The van der Waals surface area contributed by atoms with E-state index in [1.165, 1.54) is 62.6 Å². The van der Waals surface area contributed by atoms with Gasteiger partial charge in [-0.15, -0.1) is 0 Å². The lowest BCUT2D eigenvalue weighted by atomic mass is 9.90. The van der Waals surface area contributed by atoms with Gasteiger partial charge in [-0.2, -0.15) is 0 Å². The minimum atomic E-state index is 0.600. The minimum absolute atomic E-state index is 0.600. The van der Waals surface area contributed by atoms with Gasteiger partial charge in [-0.25, -0.2) is 0 Å². The van der Waals surface area contributed by atoms with Crippen molar-refractivity contribution in [1.82, 2.24) is 10.3 Å². The van der Waals surface area contributed by atoms with Gasteiger partial charge in [0, 0.05) is 24.4 Å². The van der Waals surface area contributed by atoms with Gasteiger partial charge in [0.25, 0.3) is 0 Å². The largest absolute Gasteiger partial charge is 0.314 e. The van der Waals surface area contributed by atoms with E-state index in [0.717, 1.165) is 18.9 Å². The molecular weight excluding hydrogens is 256 g/mol. The van der Waals surface area contributed by atoms with Crippen LogP contribution in [0.25, 0.3) is 0 Å². The zero-order chi connectivity index (χ0) is 14.9. The molecule has 1 atom stereocenters. The molecule has 2 nitrogen and oxygen atoms in total. The molecule has 1 unspecified atom stereocenters. The Balaban J connectivity index is 1.91. The summed E-state index contributed by atoms with van der Waals surface area (Å²) < 4.78 is 0. The first kappa shape index (κ1) is 16.5. The van der Waals surface area contributed by atoms with E-state index >= 15 is 0 Å². The van der Waals surface area contributed by atoms with Gasteiger partial charge >= 0.3 is 0 Å². The molecule has 1 heterocycles. The first-order valence-corrected chi connectivity index (χ1v) is 8.93. The zero-order valence-corrected chi connectivity index (χ0v) is 13.9. The Morgan fingerprint density at radius 3 is 2.57 bits per heavy atom. The van der Waals surface area contributed by atoms with Gasteiger partial charge in [-0.3, -0.25) is 4.98 Å². The van der Waals surface area contributed by atoms with Gasteiger partial charge in [0.15, 0.2) is 0 Å². The first-order chi connectivity index (χ1) is 10.3. The predicted octanol–water partition coefficient (Wildman–Crippen LogP) is 4.66. The Kier molecular flexibility index (Phi) is 7.21. The van der Waals surface area contributed by atoms with E-state index in [1.54, 1.807) is 0 Å². The second kappa shape index (κ2) is 9.19. The highest BCUT2D eigenvalue weighted by atomic mass is 14.9. The Labute approximate surface area is 130 Å². The van der Waals surface area contributed by atoms with Crippen LogP contribution >= 0.6 is 0 Å². The molecule has 1 aromatic heterocycles. The fourth-order valence-corrected chi connectivity index (χ4v) is 3.46. The van der Waals surface area contributed by atoms with Crippen molar-refractivity contribution < 1.29 is 0 Å². The topological polar surface area (TPSA) is 24.9 Å². The Morgan fingerprint density at radius 1 is 1.19 bits per heavy atom. The molecule has 0 bridgehead atoms. The van der Waals surface area contributed by atoms with E-state index in [4.69, 9.17) is 0 Å². The molecule has 21 heavy (non-hydrogen) atoms. The number of rotatable bonds is 7. The van der Waals surface area contributed by atoms with Crippen LogP contribution in [0.4, 0.5) is 0 Å². The average molecular weight is 288 g/mol. The van der Waals surface area contributed by atoms with Crippen molar-refractivity contribution in [2.24, 2.45) is 5.92 Å². The van der Waals surface area contributed by atoms with Crippen LogP contribution in [-0.4, -0.2) is 17.6 Å². The minimum Gasteiger partial charge on any atom is -0.314 e. The van der Waals surface area contributed by atoms with Crippen molar-refractivity contribution in [2.45, 2.75) is 77.7 Å². The number of hydrogen-bond donors (Lipinski definition) is 1. The quantitative estimate of drug-likeness (QED) is 0.738. The fourth-order valence-electron chi connectivity index (χ4n) is 3.46. The molecular formula is C19H32N2. The maximum atomic E-state index is 4.60. The first-order valence-electron chi connectivity index (χ1n) is 8.93. The van der Waals surface area contributed by atoms with Crippen molar-refractivity contribution in [1.29, 1.82) is 0 Å². The summed E-state index contributed by atoms with van der Waals surface area (Å²) in [4.78, 5) is 4.60. The van der Waals surface area contributed by atoms with E-state index in [9.17, 15) is 0 Å². The van der Waals surface area contributed by atoms with E-state index in [1.807, 2.05) is 6.20 Å². The van der Waals surface area contributed by atoms with Gasteiger partial charge in [-0.1, -0.05) is 51.5 Å². The fraction of sp³-hybridized carbons (Fsp3) is 0.737. The summed E-state index contributed by atoms with van der Waals surface area (Å²) in [6.07, 6.45) is 14.3. The molecule has 0 saturated heterocycles. The van der Waals surface area contributed by atoms with E-state index < -0.39 is 0 Å². The molecule has 1 aliphatic rings. The zero-order valence-electron chi connectivity index (χ0n) is 13.9. The molecule has 1 fully saturated rings. The standard InChI is InChI=1S/C19H32N2/c1-3-12-20-19(13-17-8-6-4-5-7-9-17)14-18-11-10-16(2)15-21-18/h10-11,15,17,19-20H,3-9,12-14H2,1-2H3. The summed E-state index contributed by atoms with van der Waals surface area (Å²) >= 11 is 0. The molecule has 2 rings (SSSR count). The molecule has 1 aliphatic carbocycles. The monoisotopic (exact) mass is 288 g/mol. The predicted molar refractivity (Wildman–Crippen MR) is 90.6 cm³/mol. The lowest BCUT2D eigenvalue weighted by Gasteiger charge is -2.23. The second-order valence-corrected chi connectivity index (χ2v) is 6.78. The summed E-state index contributed by atoms with van der Waals surface area (Å²) in [6.45, 7) is 5.48. The number of nitrogens with zero attached hydrogens (tertiary/aromatic N) is 1. The summed E-state index contributed by atoms with van der Waals surface area (Å²) in [5.41, 5.74) is 2.49. The third kappa shape index (κ3) is 6.17. The van der Waals surface area contributed by atoms with E-state index in [2.05, 4.69) is 36.3 Å². The maximum Gasteiger partial charge on any atom is 0.0419 e. The van der Waals surface area contributed by atoms with Crippen LogP contribution in [-0.2, 0) is 6.42 Å². The second-order valence-electron chi connectivity index (χ2n) is 6.78. The number of aryl methyl sites for hydroxylation is 1. The smallest absolute Gasteiger partial charge is 0.0419 e. The van der Waals surface area contributed by atoms with Crippen LogP contribution in [0.2, 0.25) is 0 Å². The van der Waals surface area contributed by atoms with Crippen LogP contribution in [0.15, 0.2) is 18.3 Å². The highest BCUT2D eigenvalue weighted by Gasteiger charge is 2.18. The molecule has 0 spiro atoms. The molecule has 0 aromatic carbocycles. The third-order valence-electron chi connectivity index (χ3n) is 4.70. The van der Waals surface area contributed by atoms with Crippen molar-refractivity contribution >= 4 is 0 Å². The number of aromatic nitrogens is 1. The summed E-state index contributed by atoms with van der Waals surface area (Å²) in [6, 6.07) is 4.98. The number of hydrogen-bond acceptors (Lipinski definition) is 2. The van der Waals surface area contributed by atoms with Gasteiger partial charge in [0.1, 0.15) is 0 Å². The highest BCUT2D eigenvalue weighted by molar-refractivity contribution is 5.13. The molecule has 2 heteroatoms. The maximum absolute atomic E-state index is 4.60. The van der Waals surface area contributed by atoms with Crippen LogP contribution in [0.5, 0.6) is 0 Å². The highest BCUT2D eigenvalue weighted by Crippen LogP contribution is 2.27. The van der Waals surface area contributed by atoms with Gasteiger partial charge in [0.2, 0.25) is 0 Å². The molecule has 118 valence electrons. The normalized spacial score (nSPS) is 18.4. The Bertz CT molecular complexity index is 377. The number of pyridine rings is 1. The summed E-state index contributed by atoms with van der Waals surface area (Å²) in [5, 5.41) is 3.76. The van der Waals surface area contributed by atoms with Crippen LogP contribution in [0, 0.1) is 12.8 Å². The summed E-state index contributed by atoms with van der Waals surface area (Å²) in [7, 11) is 0. The average Bonchev–Trinajstić information content (AvgIpc) is 2.76. The molecule has 1 N–H and O–H groups in total. The molecule has 0 radical (unpaired) electrons. The van der Waals surface area contributed by atoms with E-state index in [-0.39, 0.29) is 0 Å². The van der Waals surface area contributed by atoms with Gasteiger partial charge in [0.05, 0.1) is 0 Å². The lowest BCUT2D eigenvalue weighted by Crippen LogP contribution is -2.34. The van der Waals surface area contributed by atoms with Crippen molar-refractivity contribution in [3.63, 3.8) is 0 Å². The van der Waals surface area contributed by atoms with Crippen molar-refractivity contribution in [3.05, 3.63) is 29.6 Å². The third-order valence-corrected chi connectivity index (χ3v) is 4.70. The van der Waals surface area contributed by atoms with Crippen molar-refractivity contribution in [2.75, 3.05) is 6.54 Å². The van der Waals surface area contributed by atoms with Crippen LogP contribution in [0.3, 0.4) is 0 Å². The van der Waals surface area contributed by atoms with Gasteiger partial charge in [-0.05, 0) is 43.9 Å². The molecule has 1 saturated carbocycles. The summed E-state index contributed by atoms with van der Waals surface area (Å²) in [5.74, 6) is 0.923. The number of nitrogens with one attached hydrogen (secondary N) is 1.